The minimum absolute atomic E-state index is 0.366. The third-order valence-corrected chi connectivity index (χ3v) is 3.36. The SMILES string of the molecule is CCn1cc(OC(=O)c2csc(CC(C)C)n2)cn1. The maximum Gasteiger partial charge on any atom is 0.363 e. The van der Waals surface area contributed by atoms with E-state index in [9.17, 15) is 4.79 Å². The minimum Gasteiger partial charge on any atom is -0.418 e. The van der Waals surface area contributed by atoms with Gasteiger partial charge in [0.25, 0.3) is 0 Å². The summed E-state index contributed by atoms with van der Waals surface area (Å²) in [5.74, 6) is 0.546. The van der Waals surface area contributed by atoms with Crippen molar-refractivity contribution in [1.82, 2.24) is 14.8 Å². The lowest BCUT2D eigenvalue weighted by molar-refractivity contribution is 0.0729. The second-order valence-electron chi connectivity index (χ2n) is 4.65. The lowest BCUT2D eigenvalue weighted by atomic mass is 10.1. The summed E-state index contributed by atoms with van der Waals surface area (Å²) < 4.78 is 6.93. The molecule has 2 aromatic heterocycles. The molecule has 0 fully saturated rings. The summed E-state index contributed by atoms with van der Waals surface area (Å²) in [6.07, 6.45) is 4.10. The molecule has 2 rings (SSSR count). The Labute approximate surface area is 116 Å². The smallest absolute Gasteiger partial charge is 0.363 e. The van der Waals surface area contributed by atoms with Crippen molar-refractivity contribution in [3.05, 3.63) is 28.5 Å². The van der Waals surface area contributed by atoms with Crippen LogP contribution in [0.25, 0.3) is 0 Å². The highest BCUT2D eigenvalue weighted by Gasteiger charge is 2.14. The Morgan fingerprint density at radius 3 is 2.95 bits per heavy atom. The summed E-state index contributed by atoms with van der Waals surface area (Å²) in [4.78, 5) is 16.2. The normalized spacial score (nSPS) is 10.9. The van der Waals surface area contributed by atoms with E-state index < -0.39 is 5.97 Å². The number of carbonyl (C=O) groups is 1. The van der Waals surface area contributed by atoms with Gasteiger partial charge in [-0.25, -0.2) is 9.78 Å². The molecular formula is C13H17N3O2S. The molecule has 0 saturated carbocycles. The lowest BCUT2D eigenvalue weighted by Crippen LogP contribution is -2.09. The number of aromatic nitrogens is 3. The van der Waals surface area contributed by atoms with Gasteiger partial charge in [0.2, 0.25) is 0 Å². The predicted octanol–water partition coefficient (Wildman–Crippen LogP) is 2.78. The Morgan fingerprint density at radius 1 is 1.53 bits per heavy atom. The Bertz CT molecular complexity index is 560. The van der Waals surface area contributed by atoms with Gasteiger partial charge in [-0.1, -0.05) is 13.8 Å². The van der Waals surface area contributed by atoms with Crippen molar-refractivity contribution < 1.29 is 9.53 Å². The van der Waals surface area contributed by atoms with Crippen LogP contribution in [0.1, 0.15) is 36.3 Å². The fourth-order valence-corrected chi connectivity index (χ4v) is 2.55. The second kappa shape index (κ2) is 5.97. The van der Waals surface area contributed by atoms with Crippen LogP contribution in [0.5, 0.6) is 5.75 Å². The van der Waals surface area contributed by atoms with Gasteiger partial charge in [-0.3, -0.25) is 4.68 Å². The second-order valence-corrected chi connectivity index (χ2v) is 5.59. The number of ether oxygens (including phenoxy) is 1. The standard InChI is InChI=1S/C13H17N3O2S/c1-4-16-7-10(6-14-16)18-13(17)11-8-19-12(15-11)5-9(2)3/h6-9H,4-5H2,1-3H3. The van der Waals surface area contributed by atoms with Gasteiger partial charge < -0.3 is 4.74 Å². The van der Waals surface area contributed by atoms with Crippen molar-refractivity contribution >= 4 is 17.3 Å². The van der Waals surface area contributed by atoms with Crippen molar-refractivity contribution in [2.75, 3.05) is 0 Å². The first-order valence-corrected chi connectivity index (χ1v) is 7.15. The molecule has 0 atom stereocenters. The van der Waals surface area contributed by atoms with E-state index in [1.807, 2.05) is 6.92 Å². The summed E-state index contributed by atoms with van der Waals surface area (Å²) in [6.45, 7) is 6.96. The third-order valence-electron chi connectivity index (χ3n) is 2.49. The number of thiazole rings is 1. The number of nitrogens with zero attached hydrogens (tertiary/aromatic N) is 3. The summed E-state index contributed by atoms with van der Waals surface area (Å²) in [5.41, 5.74) is 0.366. The Kier molecular flexibility index (Phi) is 4.31. The number of aryl methyl sites for hydroxylation is 1. The Balaban J connectivity index is 2.01. The zero-order chi connectivity index (χ0) is 13.8. The van der Waals surface area contributed by atoms with Gasteiger partial charge in [0, 0.05) is 18.3 Å². The molecule has 2 aromatic rings. The first-order valence-electron chi connectivity index (χ1n) is 6.27. The summed E-state index contributed by atoms with van der Waals surface area (Å²) in [5, 5.41) is 6.75. The topological polar surface area (TPSA) is 57.0 Å². The number of hydrogen-bond donors (Lipinski definition) is 0. The van der Waals surface area contributed by atoms with Crippen molar-refractivity contribution in [2.24, 2.45) is 5.92 Å². The van der Waals surface area contributed by atoms with E-state index in [4.69, 9.17) is 4.74 Å². The highest BCUT2D eigenvalue weighted by Crippen LogP contribution is 2.16. The first-order chi connectivity index (χ1) is 9.08. The van der Waals surface area contributed by atoms with Gasteiger partial charge in [-0.2, -0.15) is 5.10 Å². The van der Waals surface area contributed by atoms with Crippen LogP contribution in [0.3, 0.4) is 0 Å². The zero-order valence-corrected chi connectivity index (χ0v) is 12.1. The number of carbonyl (C=O) groups excluding carboxylic acids is 1. The minimum atomic E-state index is -0.429. The number of rotatable bonds is 5. The van der Waals surface area contributed by atoms with Crippen molar-refractivity contribution in [2.45, 2.75) is 33.7 Å². The molecule has 0 bridgehead atoms. The molecule has 0 N–H and O–H groups in total. The number of hydrogen-bond acceptors (Lipinski definition) is 5. The lowest BCUT2D eigenvalue weighted by Gasteiger charge is -1.99. The van der Waals surface area contributed by atoms with Gasteiger partial charge in [0.15, 0.2) is 11.4 Å². The highest BCUT2D eigenvalue weighted by atomic mass is 32.1. The average Bonchev–Trinajstić information content (AvgIpc) is 2.97. The molecular weight excluding hydrogens is 262 g/mol. The molecule has 0 unspecified atom stereocenters. The molecule has 0 aliphatic heterocycles. The van der Waals surface area contributed by atoms with E-state index in [1.165, 1.54) is 17.5 Å². The van der Waals surface area contributed by atoms with Gasteiger partial charge in [0.05, 0.1) is 17.4 Å². The van der Waals surface area contributed by atoms with Crippen LogP contribution in [0.15, 0.2) is 17.8 Å². The highest BCUT2D eigenvalue weighted by molar-refractivity contribution is 7.09. The molecule has 0 spiro atoms. The van der Waals surface area contributed by atoms with Gasteiger partial charge in [0.1, 0.15) is 0 Å². The quantitative estimate of drug-likeness (QED) is 0.790. The van der Waals surface area contributed by atoms with Gasteiger partial charge in [-0.15, -0.1) is 11.3 Å². The molecule has 19 heavy (non-hydrogen) atoms. The van der Waals surface area contributed by atoms with E-state index >= 15 is 0 Å². The van der Waals surface area contributed by atoms with Crippen LogP contribution in [0, 0.1) is 5.92 Å². The molecule has 102 valence electrons. The summed E-state index contributed by atoms with van der Waals surface area (Å²) in [7, 11) is 0. The monoisotopic (exact) mass is 279 g/mol. The molecule has 0 aliphatic rings. The molecule has 0 saturated heterocycles. The van der Waals surface area contributed by atoms with E-state index in [0.717, 1.165) is 18.0 Å². The van der Waals surface area contributed by atoms with Gasteiger partial charge >= 0.3 is 5.97 Å². The fourth-order valence-electron chi connectivity index (χ4n) is 1.58. The maximum absolute atomic E-state index is 11.9. The van der Waals surface area contributed by atoms with Crippen LogP contribution >= 0.6 is 11.3 Å². The molecule has 6 heteroatoms. The molecule has 2 heterocycles. The first kappa shape index (κ1) is 13.7. The third kappa shape index (κ3) is 3.64. The van der Waals surface area contributed by atoms with Crippen LogP contribution in [0.4, 0.5) is 0 Å². The molecule has 0 amide bonds. The maximum atomic E-state index is 11.9. The predicted molar refractivity (Wildman–Crippen MR) is 73.5 cm³/mol. The number of esters is 1. The summed E-state index contributed by atoms with van der Waals surface area (Å²) >= 11 is 1.49. The van der Waals surface area contributed by atoms with Gasteiger partial charge in [-0.05, 0) is 12.8 Å². The summed E-state index contributed by atoms with van der Waals surface area (Å²) in [6, 6.07) is 0. The Hall–Kier alpha value is -1.69. The molecule has 0 radical (unpaired) electrons. The molecule has 0 aliphatic carbocycles. The van der Waals surface area contributed by atoms with Crippen LogP contribution in [-0.2, 0) is 13.0 Å². The molecule has 5 nitrogen and oxygen atoms in total. The van der Waals surface area contributed by atoms with E-state index in [1.54, 1.807) is 16.3 Å². The Morgan fingerprint density at radius 2 is 2.32 bits per heavy atom. The van der Waals surface area contributed by atoms with Crippen LogP contribution in [-0.4, -0.2) is 20.7 Å². The van der Waals surface area contributed by atoms with E-state index in [0.29, 0.717) is 17.4 Å². The fraction of sp³-hybridized carbons (Fsp3) is 0.462. The van der Waals surface area contributed by atoms with E-state index in [-0.39, 0.29) is 0 Å². The molecule has 0 aromatic carbocycles. The largest absolute Gasteiger partial charge is 0.418 e. The van der Waals surface area contributed by atoms with Crippen molar-refractivity contribution in [1.29, 1.82) is 0 Å². The van der Waals surface area contributed by atoms with Crippen molar-refractivity contribution in [3.63, 3.8) is 0 Å². The van der Waals surface area contributed by atoms with Crippen LogP contribution < -0.4 is 4.74 Å². The van der Waals surface area contributed by atoms with E-state index in [2.05, 4.69) is 23.9 Å². The average molecular weight is 279 g/mol. The zero-order valence-electron chi connectivity index (χ0n) is 11.3. The van der Waals surface area contributed by atoms with Crippen molar-refractivity contribution in [3.8, 4) is 5.75 Å². The van der Waals surface area contributed by atoms with Crippen LogP contribution in [0.2, 0.25) is 0 Å².